The van der Waals surface area contributed by atoms with Gasteiger partial charge in [-0.25, -0.2) is 10.1 Å². The van der Waals surface area contributed by atoms with Gasteiger partial charge in [0, 0.05) is 17.7 Å². The zero-order chi connectivity index (χ0) is 23.5. The highest BCUT2D eigenvalue weighted by Crippen LogP contribution is 2.28. The van der Waals surface area contributed by atoms with Crippen LogP contribution in [0.4, 0.5) is 11.5 Å². The Labute approximate surface area is 193 Å². The van der Waals surface area contributed by atoms with E-state index in [1.165, 1.54) is 30.5 Å². The van der Waals surface area contributed by atoms with E-state index in [-0.39, 0.29) is 28.7 Å². The molecule has 3 N–H and O–H groups in total. The van der Waals surface area contributed by atoms with Crippen LogP contribution in [0.1, 0.15) is 16.1 Å². The Hall–Kier alpha value is -4.36. The van der Waals surface area contributed by atoms with E-state index in [0.29, 0.717) is 21.2 Å². The lowest BCUT2D eigenvalue weighted by atomic mass is 10.1. The third-order valence-corrected chi connectivity index (χ3v) is 5.00. The van der Waals surface area contributed by atoms with Crippen molar-refractivity contribution in [2.45, 2.75) is 0 Å². The van der Waals surface area contributed by atoms with Gasteiger partial charge in [-0.15, -0.1) is 5.10 Å². The van der Waals surface area contributed by atoms with E-state index >= 15 is 0 Å². The molecule has 13 nitrogen and oxygen atoms in total. The molecule has 2 aromatic heterocycles. The molecule has 166 valence electrons. The van der Waals surface area contributed by atoms with Crippen LogP contribution in [0, 0.1) is 10.1 Å². The van der Waals surface area contributed by atoms with Crippen LogP contribution >= 0.6 is 23.2 Å². The van der Waals surface area contributed by atoms with E-state index in [4.69, 9.17) is 28.9 Å². The summed E-state index contributed by atoms with van der Waals surface area (Å²) in [7, 11) is 0. The molecule has 0 spiro atoms. The van der Waals surface area contributed by atoms with E-state index in [1.54, 1.807) is 18.2 Å². The van der Waals surface area contributed by atoms with Crippen LogP contribution in [-0.4, -0.2) is 42.4 Å². The quantitative estimate of drug-likeness (QED) is 0.234. The number of halogens is 2. The average molecular weight is 488 g/mol. The minimum Gasteiger partial charge on any atom is -0.378 e. The van der Waals surface area contributed by atoms with Crippen LogP contribution < -0.4 is 11.2 Å². The molecule has 0 aliphatic heterocycles. The number of nitrogens with one attached hydrogen (secondary N) is 1. The molecule has 0 radical (unpaired) electrons. The molecule has 2 heterocycles. The Morgan fingerprint density at radius 2 is 1.94 bits per heavy atom. The molecule has 0 aliphatic rings. The number of anilines is 1. The highest BCUT2D eigenvalue weighted by molar-refractivity contribution is 6.42. The van der Waals surface area contributed by atoms with Gasteiger partial charge in [-0.3, -0.25) is 14.9 Å². The highest BCUT2D eigenvalue weighted by Gasteiger charge is 2.25. The molecule has 0 atom stereocenters. The molecule has 15 heteroatoms. The number of nitro benzene ring substituents is 1. The largest absolute Gasteiger partial charge is 0.378 e. The van der Waals surface area contributed by atoms with Gasteiger partial charge in [-0.1, -0.05) is 34.5 Å². The summed E-state index contributed by atoms with van der Waals surface area (Å²) in [5.41, 5.74) is 8.87. The number of nitrogens with zero attached hydrogens (tertiary/aromatic N) is 7. The number of aromatic nitrogens is 5. The predicted molar refractivity (Wildman–Crippen MR) is 117 cm³/mol. The Morgan fingerprint density at radius 1 is 1.18 bits per heavy atom. The standard InChI is InChI=1S/C18H11Cl2N9O4/c19-12-6-1-9(7-13(12)20)8-22-24-18(30)14-15(10-2-4-11(5-3-10)29(31)32)28(27-23-14)17-16(21)25-33-26-17/h1-8H,(H2,21,25)(H,24,30)/b22-8-. The minimum absolute atomic E-state index is 0.0192. The Bertz CT molecular complexity index is 1380. The first-order valence-corrected chi connectivity index (χ1v) is 9.68. The van der Waals surface area contributed by atoms with Crippen molar-refractivity contribution in [2.75, 3.05) is 5.73 Å². The summed E-state index contributed by atoms with van der Waals surface area (Å²) >= 11 is 11.8. The number of amides is 1. The molecular weight excluding hydrogens is 477 g/mol. The van der Waals surface area contributed by atoms with Crippen LogP contribution in [0.15, 0.2) is 52.2 Å². The molecule has 33 heavy (non-hydrogen) atoms. The third-order valence-electron chi connectivity index (χ3n) is 4.26. The molecule has 1 amide bonds. The van der Waals surface area contributed by atoms with Gasteiger partial charge in [0.15, 0.2) is 5.69 Å². The molecule has 0 bridgehead atoms. The molecule has 0 saturated heterocycles. The van der Waals surface area contributed by atoms with Crippen molar-refractivity contribution >= 4 is 46.8 Å². The van der Waals surface area contributed by atoms with Crippen molar-refractivity contribution in [3.63, 3.8) is 0 Å². The highest BCUT2D eigenvalue weighted by atomic mass is 35.5. The van der Waals surface area contributed by atoms with E-state index in [1.807, 2.05) is 0 Å². The van der Waals surface area contributed by atoms with Crippen LogP contribution in [0.5, 0.6) is 0 Å². The number of nitrogen functional groups attached to an aromatic ring is 1. The molecule has 0 saturated carbocycles. The summed E-state index contributed by atoms with van der Waals surface area (Å²) < 4.78 is 5.73. The third kappa shape index (κ3) is 4.49. The summed E-state index contributed by atoms with van der Waals surface area (Å²) in [6, 6.07) is 10.2. The first kappa shape index (κ1) is 21.9. The lowest BCUT2D eigenvalue weighted by molar-refractivity contribution is -0.384. The fraction of sp³-hybridized carbons (Fsp3) is 0. The molecule has 2 aromatic carbocycles. The monoisotopic (exact) mass is 487 g/mol. The summed E-state index contributed by atoms with van der Waals surface area (Å²) in [6.07, 6.45) is 1.36. The summed E-state index contributed by atoms with van der Waals surface area (Å²) in [4.78, 5) is 23.2. The Balaban J connectivity index is 1.68. The molecular formula is C18H11Cl2N9O4. The molecule has 0 unspecified atom stereocenters. The molecule has 4 rings (SSSR count). The summed E-state index contributed by atoms with van der Waals surface area (Å²) in [6.45, 7) is 0. The maximum atomic E-state index is 12.8. The number of benzene rings is 2. The lowest BCUT2D eigenvalue weighted by Gasteiger charge is -2.05. The van der Waals surface area contributed by atoms with Crippen molar-refractivity contribution in [1.29, 1.82) is 0 Å². The number of carbonyl (C=O) groups is 1. The van der Waals surface area contributed by atoms with Crippen molar-refractivity contribution in [3.8, 4) is 17.1 Å². The number of hydrogen-bond donors (Lipinski definition) is 2. The second kappa shape index (κ2) is 9.02. The SMILES string of the molecule is Nc1nonc1-n1nnc(C(=O)N/N=C\c2ccc(Cl)c(Cl)c2)c1-c1ccc([N+](=O)[O-])cc1. The van der Waals surface area contributed by atoms with Crippen molar-refractivity contribution in [3.05, 3.63) is 73.9 Å². The maximum Gasteiger partial charge on any atom is 0.294 e. The van der Waals surface area contributed by atoms with Crippen molar-refractivity contribution in [1.82, 2.24) is 30.7 Å². The lowest BCUT2D eigenvalue weighted by Crippen LogP contribution is -2.19. The van der Waals surface area contributed by atoms with Gasteiger partial charge in [0.1, 0.15) is 5.69 Å². The second-order valence-electron chi connectivity index (χ2n) is 6.35. The van der Waals surface area contributed by atoms with Crippen LogP contribution in [-0.2, 0) is 0 Å². The van der Waals surface area contributed by atoms with Crippen LogP contribution in [0.25, 0.3) is 17.1 Å². The number of carbonyl (C=O) groups excluding carboxylic acids is 1. The Kier molecular flexibility index (Phi) is 5.97. The smallest absolute Gasteiger partial charge is 0.294 e. The zero-order valence-corrected chi connectivity index (χ0v) is 17.7. The van der Waals surface area contributed by atoms with Gasteiger partial charge in [0.25, 0.3) is 11.6 Å². The van der Waals surface area contributed by atoms with E-state index in [2.05, 4.69) is 35.8 Å². The van der Waals surface area contributed by atoms with E-state index < -0.39 is 10.8 Å². The zero-order valence-electron chi connectivity index (χ0n) is 16.2. The first-order chi connectivity index (χ1) is 15.8. The second-order valence-corrected chi connectivity index (χ2v) is 7.16. The molecule has 0 fully saturated rings. The Morgan fingerprint density at radius 3 is 2.58 bits per heavy atom. The predicted octanol–water partition coefficient (Wildman–Crippen LogP) is 2.88. The fourth-order valence-electron chi connectivity index (χ4n) is 2.73. The topological polar surface area (TPSA) is 180 Å². The number of non-ortho nitro benzene ring substituents is 1. The maximum absolute atomic E-state index is 12.8. The first-order valence-electron chi connectivity index (χ1n) is 8.92. The fourth-order valence-corrected chi connectivity index (χ4v) is 3.04. The van der Waals surface area contributed by atoms with Gasteiger partial charge in [-0.2, -0.15) is 9.78 Å². The van der Waals surface area contributed by atoms with E-state index in [0.717, 1.165) is 4.68 Å². The number of rotatable bonds is 6. The summed E-state index contributed by atoms with van der Waals surface area (Å²) in [5, 5.41) is 30.5. The molecule has 0 aliphatic carbocycles. The van der Waals surface area contributed by atoms with Gasteiger partial charge >= 0.3 is 0 Å². The van der Waals surface area contributed by atoms with Crippen molar-refractivity contribution in [2.24, 2.45) is 5.10 Å². The summed E-state index contributed by atoms with van der Waals surface area (Å²) in [5.74, 6) is -0.845. The van der Waals surface area contributed by atoms with Gasteiger partial charge < -0.3 is 5.73 Å². The van der Waals surface area contributed by atoms with Crippen LogP contribution in [0.3, 0.4) is 0 Å². The number of nitrogens with two attached hydrogens (primary N) is 1. The number of nitro groups is 1. The van der Waals surface area contributed by atoms with Gasteiger partial charge in [-0.05, 0) is 40.1 Å². The number of hydrazone groups is 1. The molecule has 4 aromatic rings. The van der Waals surface area contributed by atoms with E-state index in [9.17, 15) is 14.9 Å². The number of hydrogen-bond acceptors (Lipinski definition) is 10. The minimum atomic E-state index is -0.721. The van der Waals surface area contributed by atoms with Crippen LogP contribution in [0.2, 0.25) is 10.0 Å². The normalized spacial score (nSPS) is 11.1. The average Bonchev–Trinajstić information content (AvgIpc) is 3.42. The van der Waals surface area contributed by atoms with Crippen molar-refractivity contribution < 1.29 is 14.3 Å². The van der Waals surface area contributed by atoms with Gasteiger partial charge in [0.2, 0.25) is 11.6 Å². The van der Waals surface area contributed by atoms with Gasteiger partial charge in [0.05, 0.1) is 21.2 Å².